The van der Waals surface area contributed by atoms with Gasteiger partial charge in [-0.2, -0.15) is 0 Å². The molecule has 0 spiro atoms. The molecule has 0 atom stereocenters. The monoisotopic (exact) mass is 410 g/mol. The first-order chi connectivity index (χ1) is 12.0. The van der Waals surface area contributed by atoms with Crippen molar-refractivity contribution in [1.29, 1.82) is 0 Å². The summed E-state index contributed by atoms with van der Waals surface area (Å²) in [7, 11) is 0. The largest absolute Gasteiger partial charge is 0.303 e. The first-order valence-electron chi connectivity index (χ1n) is 7.10. The van der Waals surface area contributed by atoms with Crippen molar-refractivity contribution in [2.45, 2.75) is 0 Å². The van der Waals surface area contributed by atoms with Crippen LogP contribution in [0, 0.1) is 0 Å². The minimum Gasteiger partial charge on any atom is -0.303 e. The SMILES string of the molecule is O=C(/C(=C/c1cc(Cl)cc(Cl)c1Cl)n1ccnc1)c1ccc(Cl)cc1. The summed E-state index contributed by atoms with van der Waals surface area (Å²) in [5.74, 6) is -0.221. The molecule has 1 heterocycles. The van der Waals surface area contributed by atoms with E-state index in [0.717, 1.165) is 0 Å². The van der Waals surface area contributed by atoms with Crippen LogP contribution in [0.4, 0.5) is 0 Å². The van der Waals surface area contributed by atoms with E-state index in [-0.39, 0.29) is 5.78 Å². The van der Waals surface area contributed by atoms with Crippen molar-refractivity contribution < 1.29 is 4.79 Å². The molecule has 3 rings (SSSR count). The third kappa shape index (κ3) is 4.07. The highest BCUT2D eigenvalue weighted by molar-refractivity contribution is 6.44. The topological polar surface area (TPSA) is 34.9 Å². The van der Waals surface area contributed by atoms with Gasteiger partial charge in [0.05, 0.1) is 22.1 Å². The minimum absolute atomic E-state index is 0.221. The quantitative estimate of drug-likeness (QED) is 0.283. The molecule has 2 aromatic carbocycles. The molecular formula is C18H10Cl4N2O. The van der Waals surface area contributed by atoms with E-state index in [0.29, 0.717) is 36.9 Å². The Morgan fingerprint density at radius 2 is 1.72 bits per heavy atom. The highest BCUT2D eigenvalue weighted by Crippen LogP contribution is 2.32. The molecule has 0 radical (unpaired) electrons. The molecule has 0 unspecified atom stereocenters. The van der Waals surface area contributed by atoms with Gasteiger partial charge >= 0.3 is 0 Å². The molecule has 0 fully saturated rings. The Bertz CT molecular complexity index is 948. The molecular weight excluding hydrogens is 402 g/mol. The molecule has 1 aromatic heterocycles. The summed E-state index contributed by atoms with van der Waals surface area (Å²) in [5, 5.41) is 1.59. The van der Waals surface area contributed by atoms with Gasteiger partial charge in [0.15, 0.2) is 0 Å². The van der Waals surface area contributed by atoms with E-state index in [4.69, 9.17) is 46.4 Å². The van der Waals surface area contributed by atoms with Gasteiger partial charge in [-0.1, -0.05) is 46.4 Å². The predicted octanol–water partition coefficient (Wildman–Crippen LogP) is 6.38. The standard InChI is InChI=1S/C18H10Cl4N2O/c19-13-3-1-11(2-4-13)18(25)16(24-6-5-23-10-24)8-12-7-14(20)9-15(21)17(12)22/h1-10H/b16-8-. The van der Waals surface area contributed by atoms with Crippen LogP contribution >= 0.6 is 46.4 Å². The van der Waals surface area contributed by atoms with Crippen molar-refractivity contribution in [1.82, 2.24) is 9.55 Å². The van der Waals surface area contributed by atoms with E-state index in [9.17, 15) is 4.79 Å². The summed E-state index contributed by atoms with van der Waals surface area (Å²) in [5.41, 5.74) is 1.36. The lowest BCUT2D eigenvalue weighted by atomic mass is 10.1. The van der Waals surface area contributed by atoms with Crippen LogP contribution in [-0.2, 0) is 0 Å². The van der Waals surface area contributed by atoms with E-state index in [1.165, 1.54) is 6.33 Å². The zero-order valence-electron chi connectivity index (χ0n) is 12.6. The van der Waals surface area contributed by atoms with Gasteiger partial charge in [-0.15, -0.1) is 0 Å². The molecule has 0 aliphatic carbocycles. The van der Waals surface area contributed by atoms with Crippen LogP contribution in [0.25, 0.3) is 11.8 Å². The summed E-state index contributed by atoms with van der Waals surface area (Å²) in [6, 6.07) is 9.81. The number of hydrogen-bond acceptors (Lipinski definition) is 2. The van der Waals surface area contributed by atoms with Crippen molar-refractivity contribution in [3.8, 4) is 0 Å². The van der Waals surface area contributed by atoms with Crippen molar-refractivity contribution in [3.05, 3.63) is 86.3 Å². The molecule has 0 amide bonds. The third-order valence-corrected chi connectivity index (χ3v) is 4.72. The molecule has 25 heavy (non-hydrogen) atoms. The number of carbonyl (C=O) groups is 1. The molecule has 126 valence electrons. The zero-order chi connectivity index (χ0) is 18.0. The minimum atomic E-state index is -0.221. The summed E-state index contributed by atoms with van der Waals surface area (Å²) >= 11 is 24.3. The summed E-state index contributed by atoms with van der Waals surface area (Å²) in [6.07, 6.45) is 6.40. The van der Waals surface area contributed by atoms with Gasteiger partial charge in [-0.25, -0.2) is 4.98 Å². The normalized spacial score (nSPS) is 11.6. The maximum atomic E-state index is 13.0. The second-order valence-electron chi connectivity index (χ2n) is 5.13. The first kappa shape index (κ1) is 18.0. The number of allylic oxidation sites excluding steroid dienone is 1. The number of hydrogen-bond donors (Lipinski definition) is 0. The second-order valence-corrected chi connectivity index (χ2v) is 6.78. The number of imidazole rings is 1. The van der Waals surface area contributed by atoms with Gasteiger partial charge in [-0.05, 0) is 48.0 Å². The molecule has 0 aliphatic heterocycles. The lowest BCUT2D eigenvalue weighted by Crippen LogP contribution is -2.08. The van der Waals surface area contributed by atoms with E-state index < -0.39 is 0 Å². The smallest absolute Gasteiger partial charge is 0.209 e. The lowest BCUT2D eigenvalue weighted by Gasteiger charge is -2.10. The average molecular weight is 412 g/mol. The number of nitrogens with zero attached hydrogens (tertiary/aromatic N) is 2. The molecule has 3 aromatic rings. The number of halogens is 4. The van der Waals surface area contributed by atoms with Gasteiger partial charge < -0.3 is 4.57 Å². The fraction of sp³-hybridized carbons (Fsp3) is 0. The Balaban J connectivity index is 2.13. The van der Waals surface area contributed by atoms with Gasteiger partial charge in [0.2, 0.25) is 5.78 Å². The van der Waals surface area contributed by atoms with Gasteiger partial charge in [-0.3, -0.25) is 4.79 Å². The Morgan fingerprint density at radius 3 is 2.36 bits per heavy atom. The van der Waals surface area contributed by atoms with Crippen molar-refractivity contribution >= 4 is 64.0 Å². The molecule has 0 saturated carbocycles. The molecule has 3 nitrogen and oxygen atoms in total. The summed E-state index contributed by atoms with van der Waals surface area (Å²) in [4.78, 5) is 17.0. The van der Waals surface area contributed by atoms with Crippen LogP contribution in [0.2, 0.25) is 20.1 Å². The van der Waals surface area contributed by atoms with Gasteiger partial charge in [0.1, 0.15) is 0 Å². The van der Waals surface area contributed by atoms with Crippen LogP contribution in [0.1, 0.15) is 15.9 Å². The Labute approximate surface area is 164 Å². The molecule has 0 saturated heterocycles. The molecule has 0 aliphatic rings. The summed E-state index contributed by atoms with van der Waals surface area (Å²) in [6.45, 7) is 0. The van der Waals surface area contributed by atoms with Crippen molar-refractivity contribution in [3.63, 3.8) is 0 Å². The van der Waals surface area contributed by atoms with E-state index in [1.54, 1.807) is 59.4 Å². The number of aromatic nitrogens is 2. The zero-order valence-corrected chi connectivity index (χ0v) is 15.6. The predicted molar refractivity (Wildman–Crippen MR) is 104 cm³/mol. The van der Waals surface area contributed by atoms with Crippen molar-refractivity contribution in [2.24, 2.45) is 0 Å². The number of rotatable bonds is 4. The van der Waals surface area contributed by atoms with Crippen molar-refractivity contribution in [2.75, 3.05) is 0 Å². The lowest BCUT2D eigenvalue weighted by molar-refractivity contribution is 0.105. The average Bonchev–Trinajstić information content (AvgIpc) is 3.11. The van der Waals surface area contributed by atoms with Gasteiger partial charge in [0.25, 0.3) is 0 Å². The van der Waals surface area contributed by atoms with E-state index in [1.807, 2.05) is 0 Å². The van der Waals surface area contributed by atoms with Crippen LogP contribution in [0.5, 0.6) is 0 Å². The number of benzene rings is 2. The first-order valence-corrected chi connectivity index (χ1v) is 8.62. The van der Waals surface area contributed by atoms with Crippen LogP contribution < -0.4 is 0 Å². The highest BCUT2D eigenvalue weighted by atomic mass is 35.5. The highest BCUT2D eigenvalue weighted by Gasteiger charge is 2.16. The Hall–Kier alpha value is -1.78. The summed E-state index contributed by atoms with van der Waals surface area (Å²) < 4.78 is 1.60. The Kier molecular flexibility index (Phi) is 5.50. The molecule has 0 N–H and O–H groups in total. The molecule has 7 heteroatoms. The maximum absolute atomic E-state index is 13.0. The Morgan fingerprint density at radius 1 is 1.00 bits per heavy atom. The molecule has 0 bridgehead atoms. The third-order valence-electron chi connectivity index (χ3n) is 3.43. The van der Waals surface area contributed by atoms with Crippen LogP contribution in [0.15, 0.2) is 55.1 Å². The fourth-order valence-corrected chi connectivity index (χ4v) is 3.04. The number of carbonyl (C=O) groups excluding carboxylic acids is 1. The maximum Gasteiger partial charge on any atom is 0.209 e. The van der Waals surface area contributed by atoms with E-state index in [2.05, 4.69) is 4.98 Å². The van der Waals surface area contributed by atoms with E-state index >= 15 is 0 Å². The second kappa shape index (κ2) is 7.63. The number of ketones is 1. The fourth-order valence-electron chi connectivity index (χ4n) is 2.24. The van der Waals surface area contributed by atoms with Crippen LogP contribution in [0.3, 0.4) is 0 Å². The number of Topliss-reactive ketones (excluding diaryl/α,β-unsaturated/α-hetero) is 1. The van der Waals surface area contributed by atoms with Gasteiger partial charge in [0, 0.05) is 28.0 Å². The van der Waals surface area contributed by atoms with Crippen LogP contribution in [-0.4, -0.2) is 15.3 Å².